The summed E-state index contributed by atoms with van der Waals surface area (Å²) in [5.74, 6) is 0.550. The van der Waals surface area contributed by atoms with Crippen LogP contribution in [-0.2, 0) is 6.18 Å². The maximum atomic E-state index is 13.0. The first-order valence-electron chi connectivity index (χ1n) is 7.26. The molecule has 0 radical (unpaired) electrons. The molecule has 1 aliphatic rings. The standard InChI is InChI=1S/C16H17F3N4/c1-9(21)6-10(8-20)15-22-13-5-2-11(16(17,18)19)7-14(13)23(15)12-3-4-12/h2,5-8,12H,3-4,20-21H2,1H3/b9-6-,10-8+. The van der Waals surface area contributed by atoms with Crippen molar-refractivity contribution in [3.05, 3.63) is 47.6 Å². The third-order valence-electron chi connectivity index (χ3n) is 3.75. The number of hydrogen-bond acceptors (Lipinski definition) is 3. The Balaban J connectivity index is 2.23. The lowest BCUT2D eigenvalue weighted by Crippen LogP contribution is -2.06. The van der Waals surface area contributed by atoms with E-state index in [1.807, 2.05) is 4.57 Å². The van der Waals surface area contributed by atoms with E-state index in [9.17, 15) is 13.2 Å². The molecule has 0 atom stereocenters. The van der Waals surface area contributed by atoms with Gasteiger partial charge in [0.2, 0.25) is 0 Å². The van der Waals surface area contributed by atoms with E-state index in [-0.39, 0.29) is 6.04 Å². The molecule has 3 rings (SSSR count). The number of benzene rings is 1. The molecular formula is C16H17F3N4. The predicted molar refractivity (Wildman–Crippen MR) is 83.1 cm³/mol. The van der Waals surface area contributed by atoms with E-state index in [0.29, 0.717) is 28.1 Å². The van der Waals surface area contributed by atoms with Gasteiger partial charge in [-0.1, -0.05) is 0 Å². The van der Waals surface area contributed by atoms with Crippen molar-refractivity contribution < 1.29 is 13.2 Å². The quantitative estimate of drug-likeness (QED) is 0.849. The Morgan fingerprint density at radius 3 is 2.57 bits per heavy atom. The van der Waals surface area contributed by atoms with E-state index in [1.54, 1.807) is 13.0 Å². The Morgan fingerprint density at radius 1 is 1.35 bits per heavy atom. The molecule has 1 heterocycles. The maximum absolute atomic E-state index is 13.0. The number of halogens is 3. The Morgan fingerprint density at radius 2 is 2.04 bits per heavy atom. The van der Waals surface area contributed by atoms with Crippen LogP contribution in [0.1, 0.15) is 37.2 Å². The first-order chi connectivity index (χ1) is 10.8. The molecular weight excluding hydrogens is 305 g/mol. The average molecular weight is 322 g/mol. The number of allylic oxidation sites excluding steroid dienone is 3. The number of nitrogens with two attached hydrogens (primary N) is 2. The second-order valence-electron chi connectivity index (χ2n) is 5.75. The summed E-state index contributed by atoms with van der Waals surface area (Å²) in [5.41, 5.74) is 12.8. The van der Waals surface area contributed by atoms with Gasteiger partial charge >= 0.3 is 6.18 Å². The molecule has 1 aliphatic carbocycles. The minimum atomic E-state index is -4.38. The van der Waals surface area contributed by atoms with Crippen molar-refractivity contribution in [1.82, 2.24) is 9.55 Å². The van der Waals surface area contributed by atoms with Crippen molar-refractivity contribution in [2.24, 2.45) is 11.5 Å². The Kier molecular flexibility index (Phi) is 3.58. The normalized spacial score (nSPS) is 17.0. The minimum absolute atomic E-state index is 0.153. The number of hydrogen-bond donors (Lipinski definition) is 2. The van der Waals surface area contributed by atoms with Crippen LogP contribution in [0.4, 0.5) is 13.2 Å². The molecule has 0 saturated heterocycles. The Labute approximate surface area is 131 Å². The van der Waals surface area contributed by atoms with Gasteiger partial charge in [0.15, 0.2) is 0 Å². The fourth-order valence-electron chi connectivity index (χ4n) is 2.61. The van der Waals surface area contributed by atoms with Crippen molar-refractivity contribution in [3.63, 3.8) is 0 Å². The molecule has 0 amide bonds. The summed E-state index contributed by atoms with van der Waals surface area (Å²) >= 11 is 0. The molecule has 0 bridgehead atoms. The molecule has 0 unspecified atom stereocenters. The summed E-state index contributed by atoms with van der Waals surface area (Å²) in [6.45, 7) is 1.72. The lowest BCUT2D eigenvalue weighted by Gasteiger charge is -2.10. The van der Waals surface area contributed by atoms with Crippen LogP contribution in [0.5, 0.6) is 0 Å². The van der Waals surface area contributed by atoms with Crippen molar-refractivity contribution in [3.8, 4) is 0 Å². The molecule has 2 aromatic rings. The van der Waals surface area contributed by atoms with Crippen molar-refractivity contribution >= 4 is 16.6 Å². The van der Waals surface area contributed by atoms with Gasteiger partial charge in [-0.2, -0.15) is 13.2 Å². The first-order valence-corrected chi connectivity index (χ1v) is 7.26. The van der Waals surface area contributed by atoms with Crippen molar-refractivity contribution in [2.45, 2.75) is 32.0 Å². The van der Waals surface area contributed by atoms with E-state index in [4.69, 9.17) is 11.5 Å². The number of imidazole rings is 1. The fraction of sp³-hybridized carbons (Fsp3) is 0.312. The van der Waals surface area contributed by atoms with Crippen LogP contribution < -0.4 is 11.5 Å². The highest BCUT2D eigenvalue weighted by molar-refractivity contribution is 5.83. The summed E-state index contributed by atoms with van der Waals surface area (Å²) < 4.78 is 40.8. The highest BCUT2D eigenvalue weighted by Gasteiger charge is 2.33. The molecule has 0 aliphatic heterocycles. The van der Waals surface area contributed by atoms with Gasteiger partial charge in [0.1, 0.15) is 5.82 Å². The van der Waals surface area contributed by atoms with Gasteiger partial charge in [-0.15, -0.1) is 0 Å². The summed E-state index contributed by atoms with van der Waals surface area (Å²) in [6.07, 6.45) is 0.495. The largest absolute Gasteiger partial charge is 0.416 e. The zero-order valence-electron chi connectivity index (χ0n) is 12.6. The third kappa shape index (κ3) is 2.91. The van der Waals surface area contributed by atoms with Gasteiger partial charge in [0, 0.05) is 23.5 Å². The van der Waals surface area contributed by atoms with Crippen LogP contribution in [0.25, 0.3) is 16.6 Å². The number of fused-ring (bicyclic) bond motifs is 1. The molecule has 4 N–H and O–H groups in total. The summed E-state index contributed by atoms with van der Waals surface area (Å²) in [6, 6.07) is 3.75. The summed E-state index contributed by atoms with van der Waals surface area (Å²) in [5, 5.41) is 0. The fourth-order valence-corrected chi connectivity index (χ4v) is 2.61. The van der Waals surface area contributed by atoms with Gasteiger partial charge < -0.3 is 16.0 Å². The smallest absolute Gasteiger partial charge is 0.404 e. The van der Waals surface area contributed by atoms with Gasteiger partial charge in [0.25, 0.3) is 0 Å². The van der Waals surface area contributed by atoms with Crippen molar-refractivity contribution in [1.29, 1.82) is 0 Å². The van der Waals surface area contributed by atoms with Crippen LogP contribution >= 0.6 is 0 Å². The van der Waals surface area contributed by atoms with Crippen LogP contribution in [0.15, 0.2) is 36.2 Å². The van der Waals surface area contributed by atoms with E-state index in [2.05, 4.69) is 4.98 Å². The first kappa shape index (κ1) is 15.5. The van der Waals surface area contributed by atoms with Crippen LogP contribution in [-0.4, -0.2) is 9.55 Å². The van der Waals surface area contributed by atoms with Crippen LogP contribution in [0.2, 0.25) is 0 Å². The number of alkyl halides is 3. The van der Waals surface area contributed by atoms with E-state index >= 15 is 0 Å². The zero-order valence-corrected chi connectivity index (χ0v) is 12.6. The van der Waals surface area contributed by atoms with E-state index in [0.717, 1.165) is 25.0 Å². The number of rotatable bonds is 3. The number of aromatic nitrogens is 2. The van der Waals surface area contributed by atoms with Crippen LogP contribution in [0.3, 0.4) is 0 Å². The highest BCUT2D eigenvalue weighted by atomic mass is 19.4. The maximum Gasteiger partial charge on any atom is 0.416 e. The van der Waals surface area contributed by atoms with Gasteiger partial charge in [0.05, 0.1) is 16.6 Å². The monoisotopic (exact) mass is 322 g/mol. The van der Waals surface area contributed by atoms with Gasteiger partial charge in [-0.3, -0.25) is 0 Å². The average Bonchev–Trinajstić information content (AvgIpc) is 3.23. The Bertz CT molecular complexity index is 807. The molecule has 1 saturated carbocycles. The highest BCUT2D eigenvalue weighted by Crippen LogP contribution is 2.41. The van der Waals surface area contributed by atoms with E-state index in [1.165, 1.54) is 12.3 Å². The molecule has 1 fully saturated rings. The van der Waals surface area contributed by atoms with Gasteiger partial charge in [-0.05, 0) is 44.0 Å². The third-order valence-corrected chi connectivity index (χ3v) is 3.75. The molecule has 122 valence electrons. The number of nitrogens with zero attached hydrogens (tertiary/aromatic N) is 2. The second kappa shape index (κ2) is 5.33. The topological polar surface area (TPSA) is 69.9 Å². The van der Waals surface area contributed by atoms with Crippen molar-refractivity contribution in [2.75, 3.05) is 0 Å². The Hall–Kier alpha value is -2.44. The summed E-state index contributed by atoms with van der Waals surface area (Å²) in [4.78, 5) is 4.47. The molecule has 1 aromatic carbocycles. The molecule has 7 heteroatoms. The zero-order chi connectivity index (χ0) is 16.8. The van der Waals surface area contributed by atoms with E-state index < -0.39 is 11.7 Å². The molecule has 1 aromatic heterocycles. The lowest BCUT2D eigenvalue weighted by atomic mass is 10.2. The molecule has 0 spiro atoms. The molecule has 23 heavy (non-hydrogen) atoms. The second-order valence-corrected chi connectivity index (χ2v) is 5.75. The molecule has 4 nitrogen and oxygen atoms in total. The minimum Gasteiger partial charge on any atom is -0.404 e. The van der Waals surface area contributed by atoms with Crippen LogP contribution in [0, 0.1) is 0 Å². The SMILES string of the molecule is C/C(N)=C/C(=C\N)c1nc2ccc(C(F)(F)F)cc2n1C1CC1. The predicted octanol–water partition coefficient (Wildman–Crippen LogP) is 3.55. The lowest BCUT2D eigenvalue weighted by molar-refractivity contribution is -0.137. The summed E-state index contributed by atoms with van der Waals surface area (Å²) in [7, 11) is 0. The van der Waals surface area contributed by atoms with Gasteiger partial charge in [-0.25, -0.2) is 4.98 Å².